The smallest absolute Gasteiger partial charge is 0.119 e. The van der Waals surface area contributed by atoms with Crippen LogP contribution >= 0.6 is 0 Å². The van der Waals surface area contributed by atoms with Gasteiger partial charge in [0, 0.05) is 61.9 Å². The molecule has 1 unspecified atom stereocenters. The first-order valence-electron chi connectivity index (χ1n) is 17.6. The summed E-state index contributed by atoms with van der Waals surface area (Å²) < 4.78 is 6.26. The van der Waals surface area contributed by atoms with Crippen LogP contribution in [0, 0.1) is 10.8 Å². The monoisotopic (exact) mass is 597 g/mol. The first-order valence-corrected chi connectivity index (χ1v) is 17.6. The van der Waals surface area contributed by atoms with Crippen molar-refractivity contribution in [2.24, 2.45) is 10.8 Å². The van der Waals surface area contributed by atoms with Gasteiger partial charge in [-0.15, -0.1) is 0 Å². The van der Waals surface area contributed by atoms with Gasteiger partial charge in [-0.25, -0.2) is 0 Å². The van der Waals surface area contributed by atoms with Crippen molar-refractivity contribution in [2.75, 3.05) is 39.3 Å². The third-order valence-corrected chi connectivity index (χ3v) is 10.5. The first kappa shape index (κ1) is 34.7. The molecular weight excluding hydrogens is 528 g/mol. The number of likely N-dealkylation sites (tertiary alicyclic amines) is 1. The summed E-state index contributed by atoms with van der Waals surface area (Å²) in [6, 6.07) is 11.0. The van der Waals surface area contributed by atoms with Gasteiger partial charge in [0.25, 0.3) is 0 Å². The Morgan fingerprint density at radius 1 is 0.767 bits per heavy atom. The van der Waals surface area contributed by atoms with Crippen LogP contribution in [0.1, 0.15) is 120 Å². The summed E-state index contributed by atoms with van der Waals surface area (Å²) in [6.45, 7) is 33.6. The molecule has 5 nitrogen and oxygen atoms in total. The molecule has 1 aromatic rings. The van der Waals surface area contributed by atoms with Gasteiger partial charge < -0.3 is 15.0 Å². The van der Waals surface area contributed by atoms with Gasteiger partial charge in [-0.3, -0.25) is 9.80 Å². The van der Waals surface area contributed by atoms with Crippen molar-refractivity contribution in [3.8, 4) is 5.75 Å². The normalized spacial score (nSPS) is 27.2. The molecule has 3 fully saturated rings. The molecule has 43 heavy (non-hydrogen) atoms. The van der Waals surface area contributed by atoms with E-state index in [-0.39, 0.29) is 11.0 Å². The number of nitrogens with one attached hydrogen (secondary N) is 1. The van der Waals surface area contributed by atoms with Gasteiger partial charge in [0.2, 0.25) is 0 Å². The highest BCUT2D eigenvalue weighted by molar-refractivity contribution is 5.28. The minimum atomic E-state index is 0.178. The summed E-state index contributed by atoms with van der Waals surface area (Å²) in [5.41, 5.74) is 2.52. The van der Waals surface area contributed by atoms with Gasteiger partial charge in [-0.1, -0.05) is 39.8 Å². The predicted molar refractivity (Wildman–Crippen MR) is 184 cm³/mol. The molecule has 2 heterocycles. The van der Waals surface area contributed by atoms with E-state index in [2.05, 4.69) is 120 Å². The third-order valence-electron chi connectivity index (χ3n) is 10.5. The highest BCUT2D eigenvalue weighted by Crippen LogP contribution is 2.36. The second-order valence-electron chi connectivity index (χ2n) is 18.1. The summed E-state index contributed by atoms with van der Waals surface area (Å²) in [5.74, 6) is 1.02. The molecular formula is C38H68N4O. The predicted octanol–water partition coefficient (Wildman–Crippen LogP) is 7.63. The standard InChI is InChI=1S/C38H68N4O/c1-29-24-32(40-20-22-42(23-21-40)36(5,6)7)16-19-41(29)28-38(10,11)18-17-37(8,9)27-30-12-14-33(15-13-30)43-34-25-31(26-34)39-35(2,3)4/h12-15,29,31-32,34,39H,16-28H2,1-11H3/t29-,31-,32?,34-/m0/s1. The van der Waals surface area contributed by atoms with Crippen molar-refractivity contribution >= 4 is 0 Å². The number of piperidine rings is 1. The number of benzene rings is 1. The van der Waals surface area contributed by atoms with E-state index in [9.17, 15) is 0 Å². The Balaban J connectivity index is 1.17. The number of nitrogens with zero attached hydrogens (tertiary/aromatic N) is 3. The minimum absolute atomic E-state index is 0.178. The van der Waals surface area contributed by atoms with Crippen LogP contribution in [0.2, 0.25) is 0 Å². The largest absolute Gasteiger partial charge is 0.490 e. The van der Waals surface area contributed by atoms with Crippen molar-refractivity contribution in [2.45, 2.75) is 156 Å². The highest BCUT2D eigenvalue weighted by atomic mass is 16.5. The maximum absolute atomic E-state index is 6.26. The third kappa shape index (κ3) is 10.7. The summed E-state index contributed by atoms with van der Waals surface area (Å²) in [4.78, 5) is 8.26. The zero-order valence-electron chi connectivity index (χ0n) is 30.1. The Labute approximate surface area is 266 Å². The van der Waals surface area contributed by atoms with Crippen LogP contribution in [-0.2, 0) is 6.42 Å². The molecule has 0 amide bonds. The Kier molecular flexibility index (Phi) is 11.1. The summed E-state index contributed by atoms with van der Waals surface area (Å²) in [5, 5.41) is 3.69. The summed E-state index contributed by atoms with van der Waals surface area (Å²) in [7, 11) is 0. The Morgan fingerprint density at radius 3 is 1.93 bits per heavy atom. The van der Waals surface area contributed by atoms with Crippen molar-refractivity contribution in [1.29, 1.82) is 0 Å². The topological polar surface area (TPSA) is 31.0 Å². The molecule has 2 atom stereocenters. The average Bonchev–Trinajstić information content (AvgIpc) is 2.87. The van der Waals surface area contributed by atoms with Crippen LogP contribution in [-0.4, -0.2) is 89.3 Å². The van der Waals surface area contributed by atoms with Gasteiger partial charge in [-0.2, -0.15) is 0 Å². The van der Waals surface area contributed by atoms with Crippen LogP contribution in [0.25, 0.3) is 0 Å². The van der Waals surface area contributed by atoms with E-state index in [0.29, 0.717) is 29.1 Å². The minimum Gasteiger partial charge on any atom is -0.490 e. The van der Waals surface area contributed by atoms with Crippen molar-refractivity contribution < 1.29 is 4.74 Å². The van der Waals surface area contributed by atoms with Gasteiger partial charge in [0.15, 0.2) is 0 Å². The number of rotatable bonds is 11. The van der Waals surface area contributed by atoms with E-state index in [0.717, 1.165) is 31.1 Å². The number of hydrogen-bond donors (Lipinski definition) is 1. The summed E-state index contributed by atoms with van der Waals surface area (Å²) >= 11 is 0. The zero-order valence-corrected chi connectivity index (χ0v) is 30.1. The molecule has 1 aromatic carbocycles. The molecule has 0 bridgehead atoms. The van der Waals surface area contributed by atoms with Crippen molar-refractivity contribution in [3.63, 3.8) is 0 Å². The first-order chi connectivity index (χ1) is 19.9. The Hall–Kier alpha value is -1.14. The fraction of sp³-hybridized carbons (Fsp3) is 0.842. The lowest BCUT2D eigenvalue weighted by atomic mass is 9.75. The van der Waals surface area contributed by atoms with E-state index in [1.54, 1.807) is 0 Å². The maximum atomic E-state index is 6.26. The molecule has 246 valence electrons. The Morgan fingerprint density at radius 2 is 1.37 bits per heavy atom. The second-order valence-corrected chi connectivity index (χ2v) is 18.1. The van der Waals surface area contributed by atoms with E-state index in [4.69, 9.17) is 4.74 Å². The molecule has 1 N–H and O–H groups in total. The lowest BCUT2D eigenvalue weighted by Crippen LogP contribution is -2.58. The van der Waals surface area contributed by atoms with Crippen LogP contribution in [0.3, 0.4) is 0 Å². The van der Waals surface area contributed by atoms with Crippen LogP contribution in [0.4, 0.5) is 0 Å². The van der Waals surface area contributed by atoms with Gasteiger partial charge in [0.05, 0.1) is 0 Å². The number of ether oxygens (including phenoxy) is 1. The lowest BCUT2D eigenvalue weighted by Gasteiger charge is -2.48. The Bertz CT molecular complexity index is 990. The SMILES string of the molecule is C[C@H]1CC(N2CCN(C(C)(C)C)CC2)CCN1CC(C)(C)CCC(C)(C)Cc1ccc(O[C@H]2C[C@H](NC(C)(C)C)C2)cc1. The molecule has 1 aliphatic carbocycles. The van der Waals surface area contributed by atoms with E-state index < -0.39 is 0 Å². The highest BCUT2D eigenvalue weighted by Gasteiger charge is 2.36. The molecule has 2 saturated heterocycles. The van der Waals surface area contributed by atoms with Crippen LogP contribution < -0.4 is 10.1 Å². The second kappa shape index (κ2) is 13.7. The van der Waals surface area contributed by atoms with Crippen molar-refractivity contribution in [1.82, 2.24) is 20.0 Å². The fourth-order valence-electron chi connectivity index (χ4n) is 7.74. The van der Waals surface area contributed by atoms with E-state index >= 15 is 0 Å². The number of hydrogen-bond acceptors (Lipinski definition) is 5. The average molecular weight is 597 g/mol. The zero-order chi connectivity index (χ0) is 31.6. The summed E-state index contributed by atoms with van der Waals surface area (Å²) in [6.07, 6.45) is 8.86. The molecule has 0 aromatic heterocycles. The molecule has 2 aliphatic heterocycles. The molecule has 0 radical (unpaired) electrons. The molecule has 5 heteroatoms. The van der Waals surface area contributed by atoms with Gasteiger partial charge >= 0.3 is 0 Å². The van der Waals surface area contributed by atoms with Gasteiger partial charge in [0.1, 0.15) is 11.9 Å². The van der Waals surface area contributed by atoms with E-state index in [1.807, 2.05) is 0 Å². The van der Waals surface area contributed by atoms with Crippen LogP contribution in [0.15, 0.2) is 24.3 Å². The van der Waals surface area contributed by atoms with Crippen molar-refractivity contribution in [3.05, 3.63) is 29.8 Å². The lowest BCUT2D eigenvalue weighted by molar-refractivity contribution is 0.00379. The van der Waals surface area contributed by atoms with E-state index in [1.165, 1.54) is 70.5 Å². The van der Waals surface area contributed by atoms with Crippen LogP contribution in [0.5, 0.6) is 5.75 Å². The fourth-order valence-corrected chi connectivity index (χ4v) is 7.74. The molecule has 4 rings (SSSR count). The molecule has 0 spiro atoms. The quantitative estimate of drug-likeness (QED) is 0.284. The number of piperazine rings is 1. The van der Waals surface area contributed by atoms with Gasteiger partial charge in [-0.05, 0) is 128 Å². The maximum Gasteiger partial charge on any atom is 0.119 e. The molecule has 1 saturated carbocycles. The molecule has 3 aliphatic rings.